The molecule has 0 fully saturated rings. The molecule has 0 heterocycles. The lowest BCUT2D eigenvalue weighted by Gasteiger charge is -1.91. The molecule has 0 aliphatic heterocycles. The molecule has 0 amide bonds. The van der Waals surface area contributed by atoms with Gasteiger partial charge in [-0.25, -0.2) is 0 Å². The summed E-state index contributed by atoms with van der Waals surface area (Å²) in [6.45, 7) is 10.1. The standard InChI is InChI=1S/C11H19N/c1-10(2)7-5-6-8-12-9-11(3)4/h6,8-9,11H,1,5,7H2,2-4H3. The minimum Gasteiger partial charge on any atom is -0.269 e. The van der Waals surface area contributed by atoms with E-state index in [4.69, 9.17) is 0 Å². The van der Waals surface area contributed by atoms with Crippen LogP contribution in [0.3, 0.4) is 0 Å². The lowest BCUT2D eigenvalue weighted by molar-refractivity contribution is 0.906. The van der Waals surface area contributed by atoms with E-state index in [0.717, 1.165) is 12.8 Å². The number of aliphatic imine (C=N–C) groups is 1. The van der Waals surface area contributed by atoms with Crippen LogP contribution in [-0.4, -0.2) is 6.21 Å². The van der Waals surface area contributed by atoms with Crippen LogP contribution in [-0.2, 0) is 0 Å². The Kier molecular flexibility index (Phi) is 6.35. The van der Waals surface area contributed by atoms with Crippen LogP contribution in [0.4, 0.5) is 0 Å². The van der Waals surface area contributed by atoms with Gasteiger partial charge in [-0.2, -0.15) is 0 Å². The van der Waals surface area contributed by atoms with Gasteiger partial charge in [0, 0.05) is 12.4 Å². The van der Waals surface area contributed by atoms with Crippen molar-refractivity contribution in [3.63, 3.8) is 0 Å². The van der Waals surface area contributed by atoms with E-state index in [1.807, 2.05) is 19.3 Å². The summed E-state index contributed by atoms with van der Waals surface area (Å²) >= 11 is 0. The Hall–Kier alpha value is -0.850. The van der Waals surface area contributed by atoms with Gasteiger partial charge in [-0.3, -0.25) is 4.99 Å². The fourth-order valence-corrected chi connectivity index (χ4v) is 0.687. The molecule has 0 aliphatic carbocycles. The summed E-state index contributed by atoms with van der Waals surface area (Å²) in [5.74, 6) is 0.538. The maximum atomic E-state index is 4.13. The molecule has 0 aromatic rings. The minimum absolute atomic E-state index is 0.538. The molecule has 0 unspecified atom stereocenters. The molecule has 0 aliphatic rings. The molecule has 0 saturated heterocycles. The molecule has 0 rings (SSSR count). The Balaban J connectivity index is 3.43. The molecule has 0 aromatic carbocycles. The van der Waals surface area contributed by atoms with Gasteiger partial charge >= 0.3 is 0 Å². The molecule has 0 atom stereocenters. The fourth-order valence-electron chi connectivity index (χ4n) is 0.687. The van der Waals surface area contributed by atoms with Crippen LogP contribution in [0.25, 0.3) is 0 Å². The molecule has 0 spiro atoms. The highest BCUT2D eigenvalue weighted by Gasteiger charge is 1.82. The molecule has 0 radical (unpaired) electrons. The highest BCUT2D eigenvalue weighted by Crippen LogP contribution is 2.00. The molecule has 12 heavy (non-hydrogen) atoms. The van der Waals surface area contributed by atoms with Gasteiger partial charge in [0.15, 0.2) is 0 Å². The highest BCUT2D eigenvalue weighted by molar-refractivity contribution is 5.60. The quantitative estimate of drug-likeness (QED) is 0.436. The molecule has 0 bridgehead atoms. The maximum Gasteiger partial charge on any atom is 0.0224 e. The monoisotopic (exact) mass is 165 g/mol. The van der Waals surface area contributed by atoms with Crippen LogP contribution in [0.1, 0.15) is 33.6 Å². The Morgan fingerprint density at radius 1 is 1.50 bits per heavy atom. The number of allylic oxidation sites excluding steroid dienone is 2. The fraction of sp³-hybridized carbons (Fsp3) is 0.545. The van der Waals surface area contributed by atoms with Crippen LogP contribution in [0.15, 0.2) is 29.4 Å². The number of rotatable bonds is 5. The van der Waals surface area contributed by atoms with E-state index in [-0.39, 0.29) is 0 Å². The van der Waals surface area contributed by atoms with E-state index >= 15 is 0 Å². The molecule has 68 valence electrons. The number of hydrogen-bond donors (Lipinski definition) is 0. The predicted octanol–water partition coefficient (Wildman–Crippen LogP) is 3.58. The summed E-state index contributed by atoms with van der Waals surface area (Å²) in [6.07, 6.45) is 7.99. The van der Waals surface area contributed by atoms with Crippen molar-refractivity contribution in [3.8, 4) is 0 Å². The van der Waals surface area contributed by atoms with Gasteiger partial charge in [-0.15, -0.1) is 6.58 Å². The Morgan fingerprint density at radius 3 is 2.67 bits per heavy atom. The summed E-state index contributed by atoms with van der Waals surface area (Å²) < 4.78 is 0. The van der Waals surface area contributed by atoms with Crippen molar-refractivity contribution in [3.05, 3.63) is 24.4 Å². The third-order valence-corrected chi connectivity index (χ3v) is 1.31. The van der Waals surface area contributed by atoms with Gasteiger partial charge in [-0.1, -0.05) is 25.5 Å². The van der Waals surface area contributed by atoms with Crippen molar-refractivity contribution >= 4 is 6.21 Å². The average Bonchev–Trinajstić information content (AvgIpc) is 1.95. The van der Waals surface area contributed by atoms with E-state index < -0.39 is 0 Å². The van der Waals surface area contributed by atoms with Crippen molar-refractivity contribution in [2.45, 2.75) is 33.6 Å². The lowest BCUT2D eigenvalue weighted by atomic mass is 10.2. The molecular formula is C11H19N. The van der Waals surface area contributed by atoms with Crippen LogP contribution in [0.2, 0.25) is 0 Å². The average molecular weight is 165 g/mol. The van der Waals surface area contributed by atoms with Gasteiger partial charge in [-0.05, 0) is 25.7 Å². The van der Waals surface area contributed by atoms with E-state index in [9.17, 15) is 0 Å². The number of hydrogen-bond acceptors (Lipinski definition) is 1. The second kappa shape index (κ2) is 6.84. The Labute approximate surface area is 75.9 Å². The molecule has 0 N–H and O–H groups in total. The molecule has 1 nitrogen and oxygen atoms in total. The van der Waals surface area contributed by atoms with Crippen molar-refractivity contribution in [1.82, 2.24) is 0 Å². The normalized spacial score (nSPS) is 12.0. The Morgan fingerprint density at radius 2 is 2.17 bits per heavy atom. The summed E-state index contributed by atoms with van der Waals surface area (Å²) in [4.78, 5) is 4.13. The van der Waals surface area contributed by atoms with Crippen molar-refractivity contribution in [2.24, 2.45) is 10.9 Å². The van der Waals surface area contributed by atoms with Crippen molar-refractivity contribution < 1.29 is 0 Å². The van der Waals surface area contributed by atoms with Crippen LogP contribution < -0.4 is 0 Å². The summed E-state index contributed by atoms with van der Waals surface area (Å²) in [7, 11) is 0. The van der Waals surface area contributed by atoms with E-state index in [1.54, 1.807) is 0 Å². The summed E-state index contributed by atoms with van der Waals surface area (Å²) in [5, 5.41) is 0. The topological polar surface area (TPSA) is 12.4 Å². The zero-order valence-corrected chi connectivity index (χ0v) is 8.38. The lowest BCUT2D eigenvalue weighted by Crippen LogP contribution is -1.84. The highest BCUT2D eigenvalue weighted by atomic mass is 14.7. The molecular weight excluding hydrogens is 146 g/mol. The first-order chi connectivity index (χ1) is 5.63. The van der Waals surface area contributed by atoms with Crippen LogP contribution >= 0.6 is 0 Å². The van der Waals surface area contributed by atoms with Gasteiger partial charge in [0.2, 0.25) is 0 Å². The van der Waals surface area contributed by atoms with Gasteiger partial charge in [0.25, 0.3) is 0 Å². The zero-order valence-electron chi connectivity index (χ0n) is 8.38. The SMILES string of the molecule is C=C(C)CCC=CN=CC(C)C. The predicted molar refractivity (Wildman–Crippen MR) is 56.5 cm³/mol. The van der Waals surface area contributed by atoms with Crippen LogP contribution in [0, 0.1) is 5.92 Å². The summed E-state index contributed by atoms with van der Waals surface area (Å²) in [5.41, 5.74) is 1.23. The van der Waals surface area contributed by atoms with Gasteiger partial charge < -0.3 is 0 Å². The number of nitrogens with zero attached hydrogens (tertiary/aromatic N) is 1. The maximum absolute atomic E-state index is 4.13. The molecule has 0 aromatic heterocycles. The molecule has 0 saturated carbocycles. The third kappa shape index (κ3) is 9.15. The van der Waals surface area contributed by atoms with Crippen LogP contribution in [0.5, 0.6) is 0 Å². The summed E-state index contributed by atoms with van der Waals surface area (Å²) in [6, 6.07) is 0. The largest absolute Gasteiger partial charge is 0.269 e. The minimum atomic E-state index is 0.538. The smallest absolute Gasteiger partial charge is 0.0224 e. The first-order valence-corrected chi connectivity index (χ1v) is 4.45. The van der Waals surface area contributed by atoms with Crippen molar-refractivity contribution in [2.75, 3.05) is 0 Å². The zero-order chi connectivity index (χ0) is 9.40. The van der Waals surface area contributed by atoms with E-state index in [2.05, 4.69) is 31.5 Å². The second-order valence-corrected chi connectivity index (χ2v) is 3.42. The van der Waals surface area contributed by atoms with Gasteiger partial charge in [0.05, 0.1) is 0 Å². The van der Waals surface area contributed by atoms with E-state index in [1.165, 1.54) is 5.57 Å². The molecule has 1 heteroatoms. The first kappa shape index (κ1) is 11.2. The van der Waals surface area contributed by atoms with Gasteiger partial charge in [0.1, 0.15) is 0 Å². The Bertz CT molecular complexity index is 175. The van der Waals surface area contributed by atoms with E-state index in [0.29, 0.717) is 5.92 Å². The second-order valence-electron chi connectivity index (χ2n) is 3.42. The third-order valence-electron chi connectivity index (χ3n) is 1.31. The first-order valence-electron chi connectivity index (χ1n) is 4.45. The van der Waals surface area contributed by atoms with Crippen molar-refractivity contribution in [1.29, 1.82) is 0 Å².